The van der Waals surface area contributed by atoms with E-state index in [-0.39, 0.29) is 0 Å². The molecule has 1 fully saturated rings. The van der Waals surface area contributed by atoms with E-state index >= 15 is 0 Å². The fourth-order valence-electron chi connectivity index (χ4n) is 3.01. The summed E-state index contributed by atoms with van der Waals surface area (Å²) in [6.45, 7) is 5.56. The first-order valence-electron chi connectivity index (χ1n) is 6.80. The maximum absolute atomic E-state index is 10.4. The molecule has 106 valence electrons. The quantitative estimate of drug-likeness (QED) is 0.750. The molecule has 2 aliphatic heterocycles. The minimum absolute atomic E-state index is 0.379. The van der Waals surface area contributed by atoms with Crippen LogP contribution in [0.25, 0.3) is 10.9 Å². The zero-order valence-electron chi connectivity index (χ0n) is 12.0. The molecule has 1 N–H and O–H groups in total. The van der Waals surface area contributed by atoms with Crippen molar-refractivity contribution in [1.29, 1.82) is 5.26 Å². The van der Waals surface area contributed by atoms with Crippen molar-refractivity contribution in [3.05, 3.63) is 35.0 Å². The van der Waals surface area contributed by atoms with Gasteiger partial charge in [-0.05, 0) is 44.5 Å². The summed E-state index contributed by atoms with van der Waals surface area (Å²) >= 11 is 0. The molecule has 1 aromatic heterocycles. The van der Waals surface area contributed by atoms with Crippen LogP contribution in [0.1, 0.15) is 36.8 Å². The molecule has 5 nitrogen and oxygen atoms in total. The van der Waals surface area contributed by atoms with E-state index in [1.807, 2.05) is 32.9 Å². The van der Waals surface area contributed by atoms with Crippen LogP contribution in [0.15, 0.2) is 18.2 Å². The van der Waals surface area contributed by atoms with E-state index in [2.05, 4.69) is 11.1 Å². The lowest BCUT2D eigenvalue weighted by Gasteiger charge is -2.34. The molecule has 3 heterocycles. The first-order chi connectivity index (χ1) is 9.85. The van der Waals surface area contributed by atoms with Crippen LogP contribution in [-0.4, -0.2) is 21.5 Å². The summed E-state index contributed by atoms with van der Waals surface area (Å²) in [5, 5.41) is 20.4. The number of rotatable bonds is 0. The van der Waals surface area contributed by atoms with Crippen LogP contribution in [-0.2, 0) is 4.74 Å². The van der Waals surface area contributed by atoms with Gasteiger partial charge in [0.15, 0.2) is 5.60 Å². The number of epoxide rings is 1. The zero-order valence-corrected chi connectivity index (χ0v) is 12.0. The van der Waals surface area contributed by atoms with E-state index in [0.717, 1.165) is 16.5 Å². The highest BCUT2D eigenvalue weighted by atomic mass is 16.8. The Kier molecular flexibility index (Phi) is 2.12. The third-order valence-corrected chi connectivity index (χ3v) is 4.37. The molecule has 0 spiro atoms. The van der Waals surface area contributed by atoms with Gasteiger partial charge in [0.2, 0.25) is 5.79 Å². The molecule has 1 saturated heterocycles. The second-order valence-corrected chi connectivity index (χ2v) is 6.15. The van der Waals surface area contributed by atoms with Gasteiger partial charge in [-0.15, -0.1) is 0 Å². The standard InChI is InChI=1S/C16H14N2O3/c1-8-4-9(7-17)18-12-5-11-13(6-10(8)12)20-15(2,3)16(19)14(11)21-16/h4-6,14,19H,1-3H3. The van der Waals surface area contributed by atoms with Gasteiger partial charge in [-0.1, -0.05) is 0 Å². The van der Waals surface area contributed by atoms with Crippen molar-refractivity contribution >= 4 is 10.9 Å². The van der Waals surface area contributed by atoms with Crippen LogP contribution < -0.4 is 4.74 Å². The molecule has 2 unspecified atom stereocenters. The van der Waals surface area contributed by atoms with Gasteiger partial charge in [0, 0.05) is 10.9 Å². The predicted molar refractivity (Wildman–Crippen MR) is 74.7 cm³/mol. The molecule has 0 bridgehead atoms. The first-order valence-corrected chi connectivity index (χ1v) is 6.80. The number of aromatic nitrogens is 1. The van der Waals surface area contributed by atoms with Crippen LogP contribution in [0, 0.1) is 18.3 Å². The van der Waals surface area contributed by atoms with Crippen LogP contribution in [0.4, 0.5) is 0 Å². The lowest BCUT2D eigenvalue weighted by atomic mass is 9.90. The second kappa shape index (κ2) is 3.53. The van der Waals surface area contributed by atoms with Crippen molar-refractivity contribution in [1.82, 2.24) is 4.98 Å². The molecular formula is C16H14N2O3. The van der Waals surface area contributed by atoms with Crippen molar-refractivity contribution in [2.75, 3.05) is 0 Å². The fourth-order valence-corrected chi connectivity index (χ4v) is 3.01. The van der Waals surface area contributed by atoms with Gasteiger partial charge in [0.25, 0.3) is 0 Å². The average Bonchev–Trinajstić information content (AvgIpc) is 3.12. The SMILES string of the molecule is Cc1cc(C#N)nc2cc3c(cc12)OC(C)(C)C1(O)OC31. The van der Waals surface area contributed by atoms with Crippen molar-refractivity contribution in [3.63, 3.8) is 0 Å². The summed E-state index contributed by atoms with van der Waals surface area (Å²) in [6, 6.07) is 7.57. The Morgan fingerprint density at radius 2 is 2.10 bits per heavy atom. The number of aliphatic hydroxyl groups is 1. The van der Waals surface area contributed by atoms with Crippen molar-refractivity contribution < 1.29 is 14.6 Å². The molecule has 0 amide bonds. The summed E-state index contributed by atoms with van der Waals surface area (Å²) in [7, 11) is 0. The number of aryl methyl sites for hydroxylation is 1. The Labute approximate surface area is 121 Å². The highest BCUT2D eigenvalue weighted by Gasteiger charge is 2.70. The third kappa shape index (κ3) is 1.49. The summed E-state index contributed by atoms with van der Waals surface area (Å²) in [5.74, 6) is -0.579. The summed E-state index contributed by atoms with van der Waals surface area (Å²) < 4.78 is 11.4. The maximum Gasteiger partial charge on any atom is 0.238 e. The van der Waals surface area contributed by atoms with Crippen LogP contribution in [0.2, 0.25) is 0 Å². The normalized spacial score (nSPS) is 28.2. The number of hydrogen-bond acceptors (Lipinski definition) is 5. The van der Waals surface area contributed by atoms with Gasteiger partial charge in [-0.25, -0.2) is 4.98 Å². The Morgan fingerprint density at radius 1 is 1.33 bits per heavy atom. The number of benzene rings is 1. The third-order valence-electron chi connectivity index (χ3n) is 4.37. The Hall–Kier alpha value is -2.16. The summed E-state index contributed by atoms with van der Waals surface area (Å²) in [6.07, 6.45) is -0.395. The highest BCUT2D eigenvalue weighted by Crippen LogP contribution is 2.61. The fraction of sp³-hybridized carbons (Fsp3) is 0.375. The van der Waals surface area contributed by atoms with Crippen LogP contribution in [0.3, 0.4) is 0 Å². The minimum Gasteiger partial charge on any atom is -0.482 e. The first kappa shape index (κ1) is 12.6. The van der Waals surface area contributed by atoms with E-state index in [1.165, 1.54) is 0 Å². The molecule has 5 heteroatoms. The second-order valence-electron chi connectivity index (χ2n) is 6.15. The molecule has 2 aromatic rings. The van der Waals surface area contributed by atoms with E-state index in [9.17, 15) is 5.11 Å². The molecule has 1 aromatic carbocycles. The number of pyridine rings is 1. The van der Waals surface area contributed by atoms with E-state index in [4.69, 9.17) is 14.7 Å². The monoisotopic (exact) mass is 282 g/mol. The van der Waals surface area contributed by atoms with Gasteiger partial charge in [0.05, 0.1) is 5.52 Å². The van der Waals surface area contributed by atoms with Crippen molar-refractivity contribution in [2.45, 2.75) is 38.3 Å². The summed E-state index contributed by atoms with van der Waals surface area (Å²) in [4.78, 5) is 4.32. The molecule has 0 radical (unpaired) electrons. The Morgan fingerprint density at radius 3 is 2.81 bits per heavy atom. The molecule has 2 aliphatic rings. The largest absolute Gasteiger partial charge is 0.482 e. The zero-order chi connectivity index (χ0) is 15.0. The van der Waals surface area contributed by atoms with Gasteiger partial charge >= 0.3 is 0 Å². The molecular weight excluding hydrogens is 268 g/mol. The average molecular weight is 282 g/mol. The van der Waals surface area contributed by atoms with E-state index in [1.54, 1.807) is 6.07 Å². The molecule has 21 heavy (non-hydrogen) atoms. The number of fused-ring (bicyclic) bond motifs is 4. The van der Waals surface area contributed by atoms with Crippen molar-refractivity contribution in [2.24, 2.45) is 0 Å². The minimum atomic E-state index is -1.28. The van der Waals surface area contributed by atoms with Crippen LogP contribution in [0.5, 0.6) is 5.75 Å². The summed E-state index contributed by atoms with van der Waals surface area (Å²) in [5.41, 5.74) is 2.05. The molecule has 2 atom stereocenters. The van der Waals surface area contributed by atoms with Gasteiger partial charge in [-0.2, -0.15) is 5.26 Å². The number of nitrogens with zero attached hydrogens (tertiary/aromatic N) is 2. The Balaban J connectivity index is 1.98. The number of nitriles is 1. The topological polar surface area (TPSA) is 78.7 Å². The highest BCUT2D eigenvalue weighted by molar-refractivity contribution is 5.85. The molecule has 0 aliphatic carbocycles. The van der Waals surface area contributed by atoms with Crippen LogP contribution >= 0.6 is 0 Å². The lowest BCUT2D eigenvalue weighted by molar-refractivity contribution is -0.113. The smallest absolute Gasteiger partial charge is 0.238 e. The Bertz CT molecular complexity index is 838. The van der Waals surface area contributed by atoms with Gasteiger partial charge in [-0.3, -0.25) is 0 Å². The van der Waals surface area contributed by atoms with Gasteiger partial charge < -0.3 is 14.6 Å². The number of hydrogen-bond donors (Lipinski definition) is 1. The van der Waals surface area contributed by atoms with Crippen molar-refractivity contribution in [3.8, 4) is 11.8 Å². The molecule has 0 saturated carbocycles. The van der Waals surface area contributed by atoms with E-state index in [0.29, 0.717) is 17.0 Å². The van der Waals surface area contributed by atoms with E-state index < -0.39 is 17.5 Å². The molecule has 4 rings (SSSR count). The maximum atomic E-state index is 10.4. The van der Waals surface area contributed by atoms with Gasteiger partial charge in [0.1, 0.15) is 23.6 Å². The number of ether oxygens (including phenoxy) is 2. The predicted octanol–water partition coefficient (Wildman–Crippen LogP) is 2.35. The lowest BCUT2D eigenvalue weighted by Crippen LogP contribution is -2.47.